The van der Waals surface area contributed by atoms with E-state index in [2.05, 4.69) is 9.97 Å². The molecular weight excluding hydrogens is 316 g/mol. The molecule has 0 saturated carbocycles. The van der Waals surface area contributed by atoms with Crippen LogP contribution in [-0.4, -0.2) is 27.0 Å². The molecule has 7 heteroatoms. The van der Waals surface area contributed by atoms with Crippen molar-refractivity contribution in [3.8, 4) is 5.06 Å². The Morgan fingerprint density at radius 3 is 2.65 bits per heavy atom. The van der Waals surface area contributed by atoms with Gasteiger partial charge in [0.2, 0.25) is 0 Å². The van der Waals surface area contributed by atoms with Gasteiger partial charge in [-0.1, -0.05) is 11.3 Å². The minimum absolute atomic E-state index is 0.126. The molecule has 1 aliphatic rings. The zero-order chi connectivity index (χ0) is 16.0. The molecule has 0 bridgehead atoms. The number of rotatable bonds is 3. The molecule has 6 nitrogen and oxygen atoms in total. The second-order valence-corrected chi connectivity index (χ2v) is 6.66. The Morgan fingerprint density at radius 2 is 1.91 bits per heavy atom. The highest BCUT2D eigenvalue weighted by Crippen LogP contribution is 2.33. The van der Waals surface area contributed by atoms with Gasteiger partial charge in [0.1, 0.15) is 11.4 Å². The molecule has 0 radical (unpaired) electrons. The smallest absolute Gasteiger partial charge is 0.360 e. The number of aromatic nitrogens is 2. The first-order valence-corrected chi connectivity index (χ1v) is 8.20. The number of carboxylic acids is 1. The lowest BCUT2D eigenvalue weighted by molar-refractivity contribution is 0.0689. The SMILES string of the molecule is O=C(O)c1cc2sc(OC(=O)c3cc4c([nH]3)CCCC4)cc2[nH]1. The third-order valence-corrected chi connectivity index (χ3v) is 5.00. The van der Waals surface area contributed by atoms with Gasteiger partial charge < -0.3 is 19.8 Å². The Balaban J connectivity index is 1.55. The van der Waals surface area contributed by atoms with Crippen molar-refractivity contribution in [3.63, 3.8) is 0 Å². The van der Waals surface area contributed by atoms with E-state index in [1.54, 1.807) is 6.07 Å². The van der Waals surface area contributed by atoms with Crippen molar-refractivity contribution in [2.24, 2.45) is 0 Å². The van der Waals surface area contributed by atoms with Crippen LogP contribution in [0.2, 0.25) is 0 Å². The average molecular weight is 330 g/mol. The van der Waals surface area contributed by atoms with Gasteiger partial charge in [0.15, 0.2) is 5.06 Å². The predicted molar refractivity (Wildman–Crippen MR) is 85.5 cm³/mol. The van der Waals surface area contributed by atoms with Gasteiger partial charge in [0, 0.05) is 11.8 Å². The van der Waals surface area contributed by atoms with E-state index in [0.29, 0.717) is 16.3 Å². The number of H-pyrrole nitrogens is 2. The number of aromatic amines is 2. The van der Waals surface area contributed by atoms with E-state index >= 15 is 0 Å². The third kappa shape index (κ3) is 2.53. The topological polar surface area (TPSA) is 95.2 Å². The van der Waals surface area contributed by atoms with Crippen molar-refractivity contribution in [1.82, 2.24) is 9.97 Å². The molecule has 118 valence electrons. The molecule has 0 unspecified atom stereocenters. The number of nitrogens with one attached hydrogen (secondary N) is 2. The van der Waals surface area contributed by atoms with Crippen LogP contribution in [0.25, 0.3) is 10.2 Å². The lowest BCUT2D eigenvalue weighted by atomic mass is 9.98. The summed E-state index contributed by atoms with van der Waals surface area (Å²) in [6.45, 7) is 0. The number of hydrogen-bond acceptors (Lipinski definition) is 4. The van der Waals surface area contributed by atoms with E-state index < -0.39 is 11.9 Å². The van der Waals surface area contributed by atoms with Crippen LogP contribution >= 0.6 is 11.3 Å². The van der Waals surface area contributed by atoms with Crippen LogP contribution in [-0.2, 0) is 12.8 Å². The molecule has 0 fully saturated rings. The highest BCUT2D eigenvalue weighted by Gasteiger charge is 2.19. The monoisotopic (exact) mass is 330 g/mol. The summed E-state index contributed by atoms with van der Waals surface area (Å²) in [6, 6.07) is 5.05. The van der Waals surface area contributed by atoms with E-state index in [1.807, 2.05) is 6.07 Å². The molecule has 0 aliphatic heterocycles. The molecule has 0 spiro atoms. The Morgan fingerprint density at radius 1 is 1.09 bits per heavy atom. The molecule has 0 aromatic carbocycles. The standard InChI is InChI=1S/C16H14N2O4S/c19-15(20)11-6-13-10(18-11)7-14(23-13)22-16(21)12-5-8-3-1-2-4-9(8)17-12/h5-7,17-18H,1-4H2,(H,19,20). The average Bonchev–Trinajstić information content (AvgIpc) is 3.18. The van der Waals surface area contributed by atoms with E-state index in [-0.39, 0.29) is 5.69 Å². The fourth-order valence-electron chi connectivity index (χ4n) is 2.92. The van der Waals surface area contributed by atoms with Crippen molar-refractivity contribution < 1.29 is 19.4 Å². The number of aromatic carboxylic acids is 1. The second-order valence-electron chi connectivity index (χ2n) is 5.61. The van der Waals surface area contributed by atoms with Crippen molar-refractivity contribution in [3.05, 3.63) is 40.8 Å². The first-order chi connectivity index (χ1) is 11.1. The Labute approximate surface area is 135 Å². The van der Waals surface area contributed by atoms with Crippen LogP contribution in [0.5, 0.6) is 5.06 Å². The van der Waals surface area contributed by atoms with E-state index in [1.165, 1.54) is 23.0 Å². The molecular formula is C16H14N2O4S. The lowest BCUT2D eigenvalue weighted by Crippen LogP contribution is -2.08. The molecule has 1 aliphatic carbocycles. The summed E-state index contributed by atoms with van der Waals surface area (Å²) < 4.78 is 6.15. The summed E-state index contributed by atoms with van der Waals surface area (Å²) in [5, 5.41) is 9.38. The largest absolute Gasteiger partial charge is 0.477 e. The lowest BCUT2D eigenvalue weighted by Gasteiger charge is -2.08. The van der Waals surface area contributed by atoms with Crippen molar-refractivity contribution in [2.75, 3.05) is 0 Å². The number of carboxylic acid groups (broad SMARTS) is 1. The summed E-state index contributed by atoms with van der Waals surface area (Å²) in [6.07, 6.45) is 4.27. The molecule has 0 amide bonds. The van der Waals surface area contributed by atoms with Gasteiger partial charge in [-0.2, -0.15) is 0 Å². The van der Waals surface area contributed by atoms with Crippen LogP contribution in [0.4, 0.5) is 0 Å². The minimum Gasteiger partial charge on any atom is -0.477 e. The molecule has 3 aromatic rings. The summed E-state index contributed by atoms with van der Waals surface area (Å²) in [5.41, 5.74) is 3.59. The number of esters is 1. The number of thiophene rings is 1. The van der Waals surface area contributed by atoms with Gasteiger partial charge in [-0.25, -0.2) is 9.59 Å². The van der Waals surface area contributed by atoms with Crippen molar-refractivity contribution in [1.29, 1.82) is 0 Å². The number of ether oxygens (including phenoxy) is 1. The number of carbonyl (C=O) groups excluding carboxylic acids is 1. The summed E-state index contributed by atoms with van der Waals surface area (Å²) in [5.74, 6) is -1.43. The minimum atomic E-state index is -1.01. The second kappa shape index (κ2) is 5.27. The van der Waals surface area contributed by atoms with Gasteiger partial charge in [-0.15, -0.1) is 0 Å². The van der Waals surface area contributed by atoms with Crippen LogP contribution in [0.1, 0.15) is 45.1 Å². The zero-order valence-electron chi connectivity index (χ0n) is 12.1. The molecule has 3 N–H and O–H groups in total. The van der Waals surface area contributed by atoms with Crippen LogP contribution in [0.3, 0.4) is 0 Å². The first-order valence-electron chi connectivity index (χ1n) is 7.39. The fraction of sp³-hybridized carbons (Fsp3) is 0.250. The summed E-state index contributed by atoms with van der Waals surface area (Å²) in [7, 11) is 0. The molecule has 3 aromatic heterocycles. The summed E-state index contributed by atoms with van der Waals surface area (Å²) >= 11 is 1.24. The number of aryl methyl sites for hydroxylation is 2. The zero-order valence-corrected chi connectivity index (χ0v) is 13.0. The molecule has 0 atom stereocenters. The summed E-state index contributed by atoms with van der Waals surface area (Å²) in [4.78, 5) is 29.1. The Kier molecular flexibility index (Phi) is 3.23. The van der Waals surface area contributed by atoms with Crippen LogP contribution in [0, 0.1) is 0 Å². The first kappa shape index (κ1) is 14.1. The van der Waals surface area contributed by atoms with Gasteiger partial charge in [0.25, 0.3) is 0 Å². The van der Waals surface area contributed by atoms with Crippen LogP contribution in [0.15, 0.2) is 18.2 Å². The highest BCUT2D eigenvalue weighted by molar-refractivity contribution is 7.20. The quantitative estimate of drug-likeness (QED) is 0.642. The number of carbonyl (C=O) groups is 2. The van der Waals surface area contributed by atoms with Crippen LogP contribution < -0.4 is 4.74 Å². The maximum absolute atomic E-state index is 12.3. The predicted octanol–water partition coefficient (Wildman–Crippen LogP) is 3.35. The number of hydrogen-bond donors (Lipinski definition) is 3. The van der Waals surface area contributed by atoms with E-state index in [0.717, 1.165) is 36.1 Å². The molecule has 0 saturated heterocycles. The highest BCUT2D eigenvalue weighted by atomic mass is 32.1. The van der Waals surface area contributed by atoms with Gasteiger partial charge in [-0.3, -0.25) is 0 Å². The van der Waals surface area contributed by atoms with E-state index in [9.17, 15) is 9.59 Å². The number of fused-ring (bicyclic) bond motifs is 2. The molecule has 23 heavy (non-hydrogen) atoms. The maximum Gasteiger partial charge on any atom is 0.360 e. The fourth-order valence-corrected chi connectivity index (χ4v) is 3.83. The molecule has 3 heterocycles. The van der Waals surface area contributed by atoms with Gasteiger partial charge >= 0.3 is 11.9 Å². The van der Waals surface area contributed by atoms with Crippen molar-refractivity contribution >= 4 is 33.5 Å². The maximum atomic E-state index is 12.3. The third-order valence-electron chi connectivity index (χ3n) is 4.04. The normalized spacial score (nSPS) is 13.9. The Bertz CT molecular complexity index is 863. The van der Waals surface area contributed by atoms with Crippen molar-refractivity contribution in [2.45, 2.75) is 25.7 Å². The molecule has 4 rings (SSSR count). The van der Waals surface area contributed by atoms with Gasteiger partial charge in [0.05, 0.1) is 10.2 Å². The van der Waals surface area contributed by atoms with E-state index in [4.69, 9.17) is 9.84 Å². The van der Waals surface area contributed by atoms with Gasteiger partial charge in [-0.05, 0) is 43.4 Å². The Hall–Kier alpha value is -2.54.